The molecule has 0 unspecified atom stereocenters. The molecule has 156 valence electrons. The van der Waals surface area contributed by atoms with Crippen LogP contribution >= 0.6 is 0 Å². The smallest absolute Gasteiger partial charge is 0.307 e. The summed E-state index contributed by atoms with van der Waals surface area (Å²) in [6.45, 7) is 5.99. The van der Waals surface area contributed by atoms with Gasteiger partial charge >= 0.3 is 5.97 Å². The number of carboxylic acids is 1. The summed E-state index contributed by atoms with van der Waals surface area (Å²) in [4.78, 5) is 15.6. The summed E-state index contributed by atoms with van der Waals surface area (Å²) < 4.78 is 11.1. The van der Waals surface area contributed by atoms with Crippen LogP contribution in [0.3, 0.4) is 0 Å². The van der Waals surface area contributed by atoms with Crippen molar-refractivity contribution in [3.63, 3.8) is 0 Å². The number of methoxy groups -OCH3 is 1. The van der Waals surface area contributed by atoms with Crippen LogP contribution in [0.5, 0.6) is 11.5 Å². The van der Waals surface area contributed by atoms with Crippen LogP contribution < -0.4 is 14.4 Å². The van der Waals surface area contributed by atoms with E-state index >= 15 is 0 Å². The number of aliphatic carboxylic acids is 1. The third-order valence-electron chi connectivity index (χ3n) is 5.21. The van der Waals surface area contributed by atoms with Crippen molar-refractivity contribution in [3.8, 4) is 11.5 Å². The van der Waals surface area contributed by atoms with E-state index in [1.54, 1.807) is 7.11 Å². The van der Waals surface area contributed by atoms with Crippen molar-refractivity contribution in [1.82, 2.24) is 4.90 Å². The molecule has 0 atom stereocenters. The molecule has 2 aromatic rings. The minimum atomic E-state index is -0.817. The molecule has 6 heteroatoms. The third-order valence-corrected chi connectivity index (χ3v) is 5.21. The number of piperazine rings is 1. The molecule has 1 heterocycles. The standard InChI is InChI=1S/C23H30N2O4/c1-28-22-6-4-5-20(18-22)25-14-12-24(13-15-25)11-2-3-16-29-21-9-7-19(8-10-21)17-23(26)27/h4-10,18H,2-3,11-17H2,1H3,(H,26,27). The highest BCUT2D eigenvalue weighted by Gasteiger charge is 2.17. The van der Waals surface area contributed by atoms with E-state index in [0.29, 0.717) is 6.61 Å². The highest BCUT2D eigenvalue weighted by Crippen LogP contribution is 2.22. The number of hydrogen-bond donors (Lipinski definition) is 1. The number of carbonyl (C=O) groups is 1. The molecular formula is C23H30N2O4. The number of benzene rings is 2. The van der Waals surface area contributed by atoms with Crippen LogP contribution in [0, 0.1) is 0 Å². The molecule has 0 aliphatic carbocycles. The summed E-state index contributed by atoms with van der Waals surface area (Å²) in [6, 6.07) is 15.6. The summed E-state index contributed by atoms with van der Waals surface area (Å²) in [5.41, 5.74) is 2.02. The second-order valence-electron chi connectivity index (χ2n) is 7.30. The lowest BCUT2D eigenvalue weighted by Gasteiger charge is -2.36. The molecule has 0 amide bonds. The van der Waals surface area contributed by atoms with E-state index in [0.717, 1.165) is 62.6 Å². The van der Waals surface area contributed by atoms with Gasteiger partial charge in [-0.05, 0) is 49.2 Å². The summed E-state index contributed by atoms with van der Waals surface area (Å²) in [6.07, 6.45) is 2.16. The largest absolute Gasteiger partial charge is 0.497 e. The lowest BCUT2D eigenvalue weighted by molar-refractivity contribution is -0.136. The average Bonchev–Trinajstić information content (AvgIpc) is 2.75. The molecule has 0 spiro atoms. The topological polar surface area (TPSA) is 62.2 Å². The van der Waals surface area contributed by atoms with Gasteiger partial charge in [-0.2, -0.15) is 0 Å². The van der Waals surface area contributed by atoms with Crippen molar-refractivity contribution in [1.29, 1.82) is 0 Å². The summed E-state index contributed by atoms with van der Waals surface area (Å²) >= 11 is 0. The maximum atomic E-state index is 10.7. The van der Waals surface area contributed by atoms with Crippen LogP contribution in [0.25, 0.3) is 0 Å². The Labute approximate surface area is 172 Å². The van der Waals surface area contributed by atoms with Crippen LogP contribution in [0.1, 0.15) is 18.4 Å². The lowest BCUT2D eigenvalue weighted by Crippen LogP contribution is -2.46. The molecule has 0 saturated carbocycles. The normalized spacial score (nSPS) is 14.6. The fourth-order valence-electron chi connectivity index (χ4n) is 3.54. The predicted octanol–water partition coefficient (Wildman–Crippen LogP) is 3.30. The number of rotatable bonds is 10. The summed E-state index contributed by atoms with van der Waals surface area (Å²) in [5, 5.41) is 8.80. The highest BCUT2D eigenvalue weighted by molar-refractivity contribution is 5.70. The number of nitrogens with zero attached hydrogens (tertiary/aromatic N) is 2. The molecule has 2 aromatic carbocycles. The van der Waals surface area contributed by atoms with Crippen molar-refractivity contribution >= 4 is 11.7 Å². The van der Waals surface area contributed by atoms with Gasteiger partial charge in [-0.3, -0.25) is 9.69 Å². The zero-order chi connectivity index (χ0) is 20.5. The average molecular weight is 399 g/mol. The summed E-state index contributed by atoms with van der Waals surface area (Å²) in [5.74, 6) is 0.885. The number of carboxylic acid groups (broad SMARTS) is 1. The molecule has 1 N–H and O–H groups in total. The molecule has 3 rings (SSSR count). The Morgan fingerprint density at radius 3 is 2.45 bits per heavy atom. The Kier molecular flexibility index (Phi) is 7.76. The van der Waals surface area contributed by atoms with Gasteiger partial charge in [-0.1, -0.05) is 18.2 Å². The Hall–Kier alpha value is -2.73. The van der Waals surface area contributed by atoms with Gasteiger partial charge in [0.15, 0.2) is 0 Å². The SMILES string of the molecule is COc1cccc(N2CCN(CCCCOc3ccc(CC(=O)O)cc3)CC2)c1. The molecule has 0 radical (unpaired) electrons. The van der Waals surface area contributed by atoms with Crippen molar-refractivity contribution in [3.05, 3.63) is 54.1 Å². The van der Waals surface area contributed by atoms with E-state index in [1.165, 1.54) is 5.69 Å². The Balaban J connectivity index is 1.30. The van der Waals surface area contributed by atoms with E-state index in [4.69, 9.17) is 14.6 Å². The number of ether oxygens (including phenoxy) is 2. The Morgan fingerprint density at radius 1 is 1.00 bits per heavy atom. The Morgan fingerprint density at radius 2 is 1.76 bits per heavy atom. The van der Waals surface area contributed by atoms with Crippen LogP contribution in [0.2, 0.25) is 0 Å². The number of unbranched alkanes of at least 4 members (excludes halogenated alkanes) is 1. The van der Waals surface area contributed by atoms with Gasteiger partial charge in [-0.25, -0.2) is 0 Å². The van der Waals surface area contributed by atoms with Crippen molar-refractivity contribution in [2.45, 2.75) is 19.3 Å². The number of anilines is 1. The zero-order valence-electron chi connectivity index (χ0n) is 17.0. The molecule has 1 fully saturated rings. The van der Waals surface area contributed by atoms with Gasteiger partial charge in [0.1, 0.15) is 11.5 Å². The molecular weight excluding hydrogens is 368 g/mol. The quantitative estimate of drug-likeness (QED) is 0.620. The van der Waals surface area contributed by atoms with Gasteiger partial charge < -0.3 is 19.5 Å². The molecule has 29 heavy (non-hydrogen) atoms. The first-order valence-corrected chi connectivity index (χ1v) is 10.2. The zero-order valence-corrected chi connectivity index (χ0v) is 17.0. The van der Waals surface area contributed by atoms with Crippen LogP contribution in [0.15, 0.2) is 48.5 Å². The van der Waals surface area contributed by atoms with Crippen molar-refractivity contribution < 1.29 is 19.4 Å². The van der Waals surface area contributed by atoms with E-state index < -0.39 is 5.97 Å². The minimum absolute atomic E-state index is 0.0470. The van der Waals surface area contributed by atoms with E-state index in [9.17, 15) is 4.79 Å². The maximum absolute atomic E-state index is 10.7. The molecule has 1 aliphatic rings. The van der Waals surface area contributed by atoms with Gasteiger partial charge in [-0.15, -0.1) is 0 Å². The fourth-order valence-corrected chi connectivity index (χ4v) is 3.54. The van der Waals surface area contributed by atoms with Crippen molar-refractivity contribution in [2.75, 3.05) is 51.3 Å². The maximum Gasteiger partial charge on any atom is 0.307 e. The van der Waals surface area contributed by atoms with Crippen LogP contribution in [0.4, 0.5) is 5.69 Å². The van der Waals surface area contributed by atoms with E-state index in [-0.39, 0.29) is 6.42 Å². The molecule has 0 aromatic heterocycles. The first-order valence-electron chi connectivity index (χ1n) is 10.2. The van der Waals surface area contributed by atoms with E-state index in [2.05, 4.69) is 21.9 Å². The molecule has 1 saturated heterocycles. The predicted molar refractivity (Wildman–Crippen MR) is 114 cm³/mol. The first kappa shape index (κ1) is 21.0. The highest BCUT2D eigenvalue weighted by atomic mass is 16.5. The van der Waals surface area contributed by atoms with Gasteiger partial charge in [0.25, 0.3) is 0 Å². The molecule has 1 aliphatic heterocycles. The first-order chi connectivity index (χ1) is 14.1. The Bertz CT molecular complexity index is 771. The molecule has 6 nitrogen and oxygen atoms in total. The number of hydrogen-bond acceptors (Lipinski definition) is 5. The summed E-state index contributed by atoms with van der Waals surface area (Å²) in [7, 11) is 1.70. The monoisotopic (exact) mass is 398 g/mol. The lowest BCUT2D eigenvalue weighted by atomic mass is 10.1. The van der Waals surface area contributed by atoms with Gasteiger partial charge in [0.05, 0.1) is 20.1 Å². The molecule has 0 bridgehead atoms. The van der Waals surface area contributed by atoms with Gasteiger partial charge in [0, 0.05) is 37.9 Å². The fraction of sp³-hybridized carbons (Fsp3) is 0.435. The second kappa shape index (κ2) is 10.7. The van der Waals surface area contributed by atoms with Crippen LogP contribution in [-0.4, -0.2) is 62.4 Å². The van der Waals surface area contributed by atoms with Crippen LogP contribution in [-0.2, 0) is 11.2 Å². The van der Waals surface area contributed by atoms with Crippen molar-refractivity contribution in [2.24, 2.45) is 0 Å². The van der Waals surface area contributed by atoms with Gasteiger partial charge in [0.2, 0.25) is 0 Å². The minimum Gasteiger partial charge on any atom is -0.497 e. The van der Waals surface area contributed by atoms with E-state index in [1.807, 2.05) is 36.4 Å². The third kappa shape index (κ3) is 6.68. The second-order valence-corrected chi connectivity index (χ2v) is 7.30.